The first kappa shape index (κ1) is 18.3. The predicted octanol–water partition coefficient (Wildman–Crippen LogP) is 4.80. The van der Waals surface area contributed by atoms with E-state index in [0.717, 1.165) is 66.9 Å². The summed E-state index contributed by atoms with van der Waals surface area (Å²) in [6.07, 6.45) is 7.45. The fourth-order valence-corrected chi connectivity index (χ4v) is 4.49. The Labute approximate surface area is 169 Å². The third kappa shape index (κ3) is 3.51. The number of H-pyrrole nitrogens is 1. The first-order valence-corrected chi connectivity index (χ1v) is 10.2. The first-order valence-electron chi connectivity index (χ1n) is 10.2. The number of para-hydroxylation sites is 1. The Balaban J connectivity index is 1.27. The molecule has 1 atom stereocenters. The zero-order chi connectivity index (χ0) is 19.8. The van der Waals surface area contributed by atoms with Crippen LogP contribution >= 0.6 is 0 Å². The normalized spacial score (nSPS) is 19.5. The van der Waals surface area contributed by atoms with E-state index < -0.39 is 0 Å². The number of nitrogens with one attached hydrogen (secondary N) is 1. The number of fused-ring (bicyclic) bond motifs is 2. The van der Waals surface area contributed by atoms with Crippen LogP contribution in [0.3, 0.4) is 0 Å². The summed E-state index contributed by atoms with van der Waals surface area (Å²) in [4.78, 5) is 5.69. The highest BCUT2D eigenvalue weighted by molar-refractivity contribution is 5.92. The highest BCUT2D eigenvalue weighted by atomic mass is 19.1. The second-order valence-electron chi connectivity index (χ2n) is 7.86. The van der Waals surface area contributed by atoms with Crippen molar-refractivity contribution < 1.29 is 13.9 Å². The average molecular weight is 392 g/mol. The molecule has 0 spiro atoms. The highest BCUT2D eigenvalue weighted by Gasteiger charge is 2.25. The molecule has 3 heterocycles. The van der Waals surface area contributed by atoms with Crippen molar-refractivity contribution in [2.75, 3.05) is 26.7 Å². The number of ether oxygens (including phenoxy) is 2. The molecule has 2 aliphatic rings. The molecule has 5 rings (SSSR count). The molecule has 29 heavy (non-hydrogen) atoms. The van der Waals surface area contributed by atoms with E-state index in [1.54, 1.807) is 19.2 Å². The number of aryl methyl sites for hydroxylation is 1. The minimum atomic E-state index is -0.193. The lowest BCUT2D eigenvalue weighted by molar-refractivity contribution is 0.116. The Kier molecular flexibility index (Phi) is 4.76. The fourth-order valence-electron chi connectivity index (χ4n) is 4.49. The van der Waals surface area contributed by atoms with E-state index in [0.29, 0.717) is 0 Å². The number of aromatic nitrogens is 1. The van der Waals surface area contributed by atoms with Gasteiger partial charge in [-0.05, 0) is 54.7 Å². The van der Waals surface area contributed by atoms with E-state index >= 15 is 0 Å². The van der Waals surface area contributed by atoms with E-state index in [9.17, 15) is 4.39 Å². The number of hydrogen-bond donors (Lipinski definition) is 1. The van der Waals surface area contributed by atoms with Crippen molar-refractivity contribution >= 4 is 16.5 Å². The topological polar surface area (TPSA) is 37.5 Å². The molecule has 1 aromatic heterocycles. The molecule has 150 valence electrons. The van der Waals surface area contributed by atoms with Gasteiger partial charge in [0.15, 0.2) is 11.5 Å². The molecule has 0 bridgehead atoms. The van der Waals surface area contributed by atoms with Gasteiger partial charge in [0.2, 0.25) is 0 Å². The van der Waals surface area contributed by atoms with Crippen LogP contribution in [0, 0.1) is 5.82 Å². The maximum Gasteiger partial charge on any atom is 0.164 e. The van der Waals surface area contributed by atoms with Crippen molar-refractivity contribution in [3.05, 3.63) is 65.6 Å². The smallest absolute Gasteiger partial charge is 0.164 e. The van der Waals surface area contributed by atoms with E-state index in [4.69, 9.17) is 9.47 Å². The Morgan fingerprint density at radius 2 is 2.17 bits per heavy atom. The molecule has 1 N–H and O–H groups in total. The van der Waals surface area contributed by atoms with Crippen LogP contribution in [0.5, 0.6) is 11.5 Å². The molecular formula is C24H25FN2O2. The van der Waals surface area contributed by atoms with Gasteiger partial charge in [-0.25, -0.2) is 4.39 Å². The monoisotopic (exact) mass is 392 g/mol. The Morgan fingerprint density at radius 1 is 1.24 bits per heavy atom. The van der Waals surface area contributed by atoms with Crippen molar-refractivity contribution in [1.82, 2.24) is 9.88 Å². The minimum absolute atomic E-state index is 0.177. The van der Waals surface area contributed by atoms with Gasteiger partial charge in [0.1, 0.15) is 11.9 Å². The number of nitrogens with zero attached hydrogens (tertiary/aromatic N) is 1. The van der Waals surface area contributed by atoms with Crippen LogP contribution in [-0.4, -0.2) is 42.7 Å². The molecule has 0 fully saturated rings. The van der Waals surface area contributed by atoms with Gasteiger partial charge < -0.3 is 14.5 Å². The third-order valence-electron chi connectivity index (χ3n) is 6.05. The molecule has 0 radical (unpaired) electrons. The number of hydrogen-bond acceptors (Lipinski definition) is 3. The van der Waals surface area contributed by atoms with Crippen molar-refractivity contribution in [2.24, 2.45) is 0 Å². The summed E-state index contributed by atoms with van der Waals surface area (Å²) in [6.45, 7) is 2.77. The molecule has 2 aliphatic heterocycles. The summed E-state index contributed by atoms with van der Waals surface area (Å²) in [5, 5.41) is 0.962. The van der Waals surface area contributed by atoms with E-state index in [-0.39, 0.29) is 11.9 Å². The van der Waals surface area contributed by atoms with E-state index in [1.165, 1.54) is 17.2 Å². The zero-order valence-electron chi connectivity index (χ0n) is 16.6. The zero-order valence-corrected chi connectivity index (χ0v) is 16.6. The van der Waals surface area contributed by atoms with Crippen molar-refractivity contribution in [3.63, 3.8) is 0 Å². The second kappa shape index (κ2) is 7.56. The van der Waals surface area contributed by atoms with Crippen molar-refractivity contribution in [2.45, 2.75) is 25.4 Å². The molecule has 2 aromatic carbocycles. The molecular weight excluding hydrogens is 367 g/mol. The van der Waals surface area contributed by atoms with Crippen LogP contribution in [-0.2, 0) is 6.42 Å². The summed E-state index contributed by atoms with van der Waals surface area (Å²) in [5.41, 5.74) is 4.61. The van der Waals surface area contributed by atoms with Gasteiger partial charge in [-0.15, -0.1) is 0 Å². The Hall–Kier alpha value is -2.79. The van der Waals surface area contributed by atoms with Crippen LogP contribution in [0.2, 0.25) is 0 Å². The van der Waals surface area contributed by atoms with E-state index in [1.807, 2.05) is 18.3 Å². The number of aromatic amines is 1. The third-order valence-corrected chi connectivity index (χ3v) is 6.05. The summed E-state index contributed by atoms with van der Waals surface area (Å²) >= 11 is 0. The quantitative estimate of drug-likeness (QED) is 0.693. The van der Waals surface area contributed by atoms with Gasteiger partial charge in [-0.1, -0.05) is 18.2 Å². The average Bonchev–Trinajstić information content (AvgIpc) is 3.17. The maximum absolute atomic E-state index is 13.7. The number of methoxy groups -OCH3 is 1. The van der Waals surface area contributed by atoms with Crippen LogP contribution in [0.25, 0.3) is 16.5 Å². The Bertz CT molecular complexity index is 1060. The summed E-state index contributed by atoms with van der Waals surface area (Å²) in [6, 6.07) is 11.0. The second-order valence-corrected chi connectivity index (χ2v) is 7.86. The van der Waals surface area contributed by atoms with Crippen molar-refractivity contribution in [1.29, 1.82) is 0 Å². The lowest BCUT2D eigenvalue weighted by Gasteiger charge is -2.33. The lowest BCUT2D eigenvalue weighted by atomic mass is 9.97. The van der Waals surface area contributed by atoms with Crippen LogP contribution in [0.4, 0.5) is 4.39 Å². The molecule has 3 aromatic rings. The highest BCUT2D eigenvalue weighted by Crippen LogP contribution is 2.37. The largest absolute Gasteiger partial charge is 0.493 e. The first-order chi connectivity index (χ1) is 14.2. The molecule has 0 amide bonds. The van der Waals surface area contributed by atoms with Crippen molar-refractivity contribution in [3.8, 4) is 11.5 Å². The number of rotatable bonds is 4. The Morgan fingerprint density at radius 3 is 3.00 bits per heavy atom. The predicted molar refractivity (Wildman–Crippen MR) is 113 cm³/mol. The molecule has 0 saturated heterocycles. The number of benzene rings is 2. The maximum atomic E-state index is 13.7. The molecule has 1 unspecified atom stereocenters. The SMILES string of the molecule is COc1cccc2c1OC(CN1CC=C(c3c[nH]c4ccc(F)cc34)CC1)CC2. The van der Waals surface area contributed by atoms with E-state index in [2.05, 4.69) is 22.0 Å². The van der Waals surface area contributed by atoms with Crippen LogP contribution in [0.1, 0.15) is 24.0 Å². The molecule has 0 saturated carbocycles. The standard InChI is InChI=1S/C24H25FN2O2/c1-28-23-4-2-3-17-5-7-19(29-24(17)23)15-27-11-9-16(10-12-27)21-14-26-22-8-6-18(25)13-20(21)22/h2-4,6,8-9,13-14,19,26H,5,7,10-12,15H2,1H3. The molecule has 0 aliphatic carbocycles. The lowest BCUT2D eigenvalue weighted by Crippen LogP contribution is -2.39. The van der Waals surface area contributed by atoms with Gasteiger partial charge in [-0.2, -0.15) is 0 Å². The fraction of sp³-hybridized carbons (Fsp3) is 0.333. The molecule has 4 nitrogen and oxygen atoms in total. The van der Waals surface area contributed by atoms with Crippen LogP contribution < -0.4 is 9.47 Å². The van der Waals surface area contributed by atoms with Gasteiger partial charge in [0, 0.05) is 42.3 Å². The number of halogens is 1. The van der Waals surface area contributed by atoms with Gasteiger partial charge in [-0.3, -0.25) is 4.90 Å². The van der Waals surface area contributed by atoms with Crippen LogP contribution in [0.15, 0.2) is 48.7 Å². The van der Waals surface area contributed by atoms with Gasteiger partial charge in [0.05, 0.1) is 7.11 Å². The summed E-state index contributed by atoms with van der Waals surface area (Å²) in [5.74, 6) is 1.53. The molecule has 5 heteroatoms. The summed E-state index contributed by atoms with van der Waals surface area (Å²) in [7, 11) is 1.69. The summed E-state index contributed by atoms with van der Waals surface area (Å²) < 4.78 is 25.4. The van der Waals surface area contributed by atoms with Gasteiger partial charge in [0.25, 0.3) is 0 Å². The van der Waals surface area contributed by atoms with Gasteiger partial charge >= 0.3 is 0 Å². The minimum Gasteiger partial charge on any atom is -0.493 e.